The number of aryl methyl sites for hydroxylation is 2. The Labute approximate surface area is 137 Å². The lowest BCUT2D eigenvalue weighted by Gasteiger charge is -2.15. The third-order valence-corrected chi connectivity index (χ3v) is 3.50. The summed E-state index contributed by atoms with van der Waals surface area (Å²) >= 11 is 0. The van der Waals surface area contributed by atoms with Gasteiger partial charge in [0.25, 0.3) is 0 Å². The van der Waals surface area contributed by atoms with Gasteiger partial charge in [-0.25, -0.2) is 0 Å². The van der Waals surface area contributed by atoms with E-state index in [1.165, 1.54) is 0 Å². The minimum atomic E-state index is -0.454. The molecule has 0 saturated heterocycles. The van der Waals surface area contributed by atoms with Gasteiger partial charge < -0.3 is 10.6 Å². The lowest BCUT2D eigenvalue weighted by atomic mass is 9.91. The molecule has 23 heavy (non-hydrogen) atoms. The highest BCUT2D eigenvalue weighted by atomic mass is 16.2. The van der Waals surface area contributed by atoms with Crippen LogP contribution in [0.25, 0.3) is 0 Å². The Morgan fingerprint density at radius 3 is 2.57 bits per heavy atom. The molecular formula is C16H26N6O. The molecule has 2 rings (SSSR count). The van der Waals surface area contributed by atoms with Gasteiger partial charge in [-0.15, -0.1) is 0 Å². The molecule has 0 spiro atoms. The summed E-state index contributed by atoms with van der Waals surface area (Å²) < 4.78 is 3.38. The maximum absolute atomic E-state index is 12.5. The molecule has 1 amide bonds. The van der Waals surface area contributed by atoms with Gasteiger partial charge in [0, 0.05) is 31.9 Å². The number of likely N-dealkylation sites (N-methyl/N-ethyl adjacent to an activating group) is 1. The first-order valence-electron chi connectivity index (χ1n) is 7.69. The van der Waals surface area contributed by atoms with Crippen LogP contribution in [-0.4, -0.2) is 32.5 Å². The number of nitrogens with zero attached hydrogens (tertiary/aromatic N) is 4. The lowest BCUT2D eigenvalue weighted by Crippen LogP contribution is -2.31. The first kappa shape index (κ1) is 17.2. The van der Waals surface area contributed by atoms with Crippen molar-refractivity contribution in [1.29, 1.82) is 0 Å². The molecule has 0 saturated carbocycles. The summed E-state index contributed by atoms with van der Waals surface area (Å²) in [5, 5.41) is 14.6. The Balaban J connectivity index is 2.13. The van der Waals surface area contributed by atoms with Crippen LogP contribution in [0.15, 0.2) is 18.5 Å². The Morgan fingerprint density at radius 2 is 2.04 bits per heavy atom. The van der Waals surface area contributed by atoms with Crippen LogP contribution in [0.3, 0.4) is 0 Å². The highest BCUT2D eigenvalue weighted by Gasteiger charge is 2.22. The highest BCUT2D eigenvalue weighted by molar-refractivity contribution is 5.94. The maximum Gasteiger partial charge on any atom is 0.247 e. The second kappa shape index (κ2) is 6.54. The number of aromatic nitrogens is 4. The minimum absolute atomic E-state index is 0.134. The zero-order chi connectivity index (χ0) is 17.2. The van der Waals surface area contributed by atoms with Gasteiger partial charge in [0.2, 0.25) is 5.91 Å². The first-order valence-corrected chi connectivity index (χ1v) is 7.69. The van der Waals surface area contributed by atoms with Crippen molar-refractivity contribution in [2.75, 3.05) is 12.4 Å². The zero-order valence-electron chi connectivity index (χ0n) is 14.7. The molecule has 0 bridgehead atoms. The number of hydrogen-bond donors (Lipinski definition) is 2. The van der Waals surface area contributed by atoms with Crippen LogP contribution in [0, 0.1) is 5.41 Å². The van der Waals surface area contributed by atoms with E-state index in [1.54, 1.807) is 22.6 Å². The third kappa shape index (κ3) is 4.41. The molecule has 2 N–H and O–H groups in total. The van der Waals surface area contributed by atoms with E-state index < -0.39 is 6.04 Å². The number of carbonyl (C=O) groups excluding carboxylic acids is 1. The molecule has 0 aliphatic rings. The van der Waals surface area contributed by atoms with Crippen molar-refractivity contribution in [3.05, 3.63) is 29.7 Å². The molecule has 2 aromatic rings. The molecule has 126 valence electrons. The van der Waals surface area contributed by atoms with Crippen molar-refractivity contribution in [2.24, 2.45) is 19.5 Å². The molecule has 2 heterocycles. The van der Waals surface area contributed by atoms with Gasteiger partial charge in [-0.1, -0.05) is 20.8 Å². The van der Waals surface area contributed by atoms with Crippen LogP contribution in [0.2, 0.25) is 0 Å². The number of rotatable bonds is 5. The molecule has 1 unspecified atom stereocenters. The van der Waals surface area contributed by atoms with Crippen LogP contribution in [0.4, 0.5) is 5.82 Å². The Hall–Kier alpha value is -2.15. The molecule has 2 aromatic heterocycles. The van der Waals surface area contributed by atoms with E-state index in [1.807, 2.05) is 26.4 Å². The molecule has 0 aliphatic carbocycles. The zero-order valence-corrected chi connectivity index (χ0v) is 14.7. The predicted molar refractivity (Wildman–Crippen MR) is 90.0 cm³/mol. The lowest BCUT2D eigenvalue weighted by molar-refractivity contribution is -0.118. The van der Waals surface area contributed by atoms with Crippen LogP contribution in [-0.2, 0) is 25.3 Å². The summed E-state index contributed by atoms with van der Waals surface area (Å²) in [6.45, 7) is 6.50. The van der Waals surface area contributed by atoms with E-state index in [9.17, 15) is 4.79 Å². The van der Waals surface area contributed by atoms with Crippen molar-refractivity contribution in [2.45, 2.75) is 33.2 Å². The monoisotopic (exact) mass is 318 g/mol. The number of anilines is 1. The average molecular weight is 318 g/mol. The van der Waals surface area contributed by atoms with Gasteiger partial charge in [0.1, 0.15) is 11.9 Å². The molecule has 0 aliphatic heterocycles. The molecular weight excluding hydrogens is 292 g/mol. The number of hydrogen-bond acceptors (Lipinski definition) is 4. The predicted octanol–water partition coefficient (Wildman–Crippen LogP) is 1.64. The fourth-order valence-corrected chi connectivity index (χ4v) is 2.51. The standard InChI is InChI=1S/C16H26N6O/c1-16(2,3)8-12-7-13(22(6)20-12)19-15(23)14(17-4)11-9-18-21(5)10-11/h7,9-10,14,17H,8H2,1-6H3,(H,19,23). The molecule has 0 fully saturated rings. The summed E-state index contributed by atoms with van der Waals surface area (Å²) in [5.74, 6) is 0.559. The fourth-order valence-electron chi connectivity index (χ4n) is 2.51. The van der Waals surface area contributed by atoms with E-state index in [-0.39, 0.29) is 11.3 Å². The van der Waals surface area contributed by atoms with Crippen molar-refractivity contribution >= 4 is 11.7 Å². The molecule has 7 heteroatoms. The maximum atomic E-state index is 12.5. The summed E-state index contributed by atoms with van der Waals surface area (Å²) in [5.41, 5.74) is 1.95. The second-order valence-corrected chi connectivity index (χ2v) is 7.04. The Bertz CT molecular complexity index is 679. The number of amides is 1. The molecule has 0 aromatic carbocycles. The van der Waals surface area contributed by atoms with Crippen molar-refractivity contribution in [3.63, 3.8) is 0 Å². The third-order valence-electron chi connectivity index (χ3n) is 3.50. The number of carbonyl (C=O) groups is 1. The Morgan fingerprint density at radius 1 is 1.35 bits per heavy atom. The van der Waals surface area contributed by atoms with E-state index in [4.69, 9.17) is 0 Å². The van der Waals surface area contributed by atoms with Crippen molar-refractivity contribution < 1.29 is 4.79 Å². The number of nitrogens with one attached hydrogen (secondary N) is 2. The van der Waals surface area contributed by atoms with E-state index in [0.717, 1.165) is 17.7 Å². The Kier molecular flexibility index (Phi) is 4.89. The van der Waals surface area contributed by atoms with E-state index >= 15 is 0 Å². The molecule has 0 radical (unpaired) electrons. The largest absolute Gasteiger partial charge is 0.309 e. The summed E-state index contributed by atoms with van der Waals surface area (Å²) in [6.07, 6.45) is 4.37. The van der Waals surface area contributed by atoms with E-state index in [2.05, 4.69) is 41.6 Å². The summed E-state index contributed by atoms with van der Waals surface area (Å²) in [6, 6.07) is 1.48. The van der Waals surface area contributed by atoms with Crippen molar-refractivity contribution in [1.82, 2.24) is 24.9 Å². The van der Waals surface area contributed by atoms with Gasteiger partial charge >= 0.3 is 0 Å². The summed E-state index contributed by atoms with van der Waals surface area (Å²) in [4.78, 5) is 12.5. The summed E-state index contributed by atoms with van der Waals surface area (Å²) in [7, 11) is 5.42. The van der Waals surface area contributed by atoms with Gasteiger partial charge in [0.05, 0.1) is 11.9 Å². The average Bonchev–Trinajstić information content (AvgIpc) is 2.96. The second-order valence-electron chi connectivity index (χ2n) is 7.04. The van der Waals surface area contributed by atoms with Crippen molar-refractivity contribution in [3.8, 4) is 0 Å². The fraction of sp³-hybridized carbons (Fsp3) is 0.562. The van der Waals surface area contributed by atoms with Crippen LogP contribution >= 0.6 is 0 Å². The quantitative estimate of drug-likeness (QED) is 0.879. The van der Waals surface area contributed by atoms with Gasteiger partial charge in [0.15, 0.2) is 0 Å². The van der Waals surface area contributed by atoms with Crippen LogP contribution in [0.1, 0.15) is 38.1 Å². The highest BCUT2D eigenvalue weighted by Crippen LogP contribution is 2.22. The topological polar surface area (TPSA) is 76.8 Å². The minimum Gasteiger partial charge on any atom is -0.309 e. The van der Waals surface area contributed by atoms with Gasteiger partial charge in [-0.05, 0) is 18.9 Å². The smallest absolute Gasteiger partial charge is 0.247 e. The van der Waals surface area contributed by atoms with Gasteiger partial charge in [-0.3, -0.25) is 14.2 Å². The molecule has 1 atom stereocenters. The van der Waals surface area contributed by atoms with E-state index in [0.29, 0.717) is 5.82 Å². The van der Waals surface area contributed by atoms with Gasteiger partial charge in [-0.2, -0.15) is 10.2 Å². The SMILES string of the molecule is CNC(C(=O)Nc1cc(CC(C)(C)C)nn1C)c1cnn(C)c1. The first-order chi connectivity index (χ1) is 10.7. The normalized spacial score (nSPS) is 13.1. The molecule has 7 nitrogen and oxygen atoms in total. The van der Waals surface area contributed by atoms with Crippen LogP contribution < -0.4 is 10.6 Å². The van der Waals surface area contributed by atoms with Crippen LogP contribution in [0.5, 0.6) is 0 Å².